The Bertz CT molecular complexity index is 237. The standard InChI is InChI=1S/C13H22O2/c1-2-3-4-5-8-11(14)13-10-7-6-9-12(13)15-13/h5,8,11-12,14H,2-4,6-7,9-10H2,1H3/b8-5+. The zero-order chi connectivity index (χ0) is 10.7. The van der Waals surface area contributed by atoms with Crippen molar-refractivity contribution in [3.63, 3.8) is 0 Å². The van der Waals surface area contributed by atoms with Gasteiger partial charge in [0, 0.05) is 0 Å². The van der Waals surface area contributed by atoms with Crippen LogP contribution in [-0.4, -0.2) is 22.9 Å². The van der Waals surface area contributed by atoms with Gasteiger partial charge in [0.05, 0.1) is 6.10 Å². The highest BCUT2D eigenvalue weighted by atomic mass is 16.6. The second-order valence-electron chi connectivity index (χ2n) is 4.82. The molecule has 1 saturated heterocycles. The van der Waals surface area contributed by atoms with E-state index in [1.807, 2.05) is 6.08 Å². The summed E-state index contributed by atoms with van der Waals surface area (Å²) in [7, 11) is 0. The van der Waals surface area contributed by atoms with Crippen molar-refractivity contribution in [1.29, 1.82) is 0 Å². The van der Waals surface area contributed by atoms with Crippen molar-refractivity contribution >= 4 is 0 Å². The third kappa shape index (κ3) is 2.26. The molecule has 2 fully saturated rings. The van der Waals surface area contributed by atoms with E-state index in [-0.39, 0.29) is 11.7 Å². The highest BCUT2D eigenvalue weighted by Gasteiger charge is 2.60. The van der Waals surface area contributed by atoms with E-state index in [1.165, 1.54) is 25.7 Å². The number of rotatable bonds is 5. The van der Waals surface area contributed by atoms with Gasteiger partial charge < -0.3 is 9.84 Å². The number of aliphatic hydroxyl groups excluding tert-OH is 1. The molecule has 3 unspecified atom stereocenters. The van der Waals surface area contributed by atoms with E-state index in [0.717, 1.165) is 19.3 Å². The molecule has 1 N–H and O–H groups in total. The summed E-state index contributed by atoms with van der Waals surface area (Å²) >= 11 is 0. The minimum Gasteiger partial charge on any atom is -0.386 e. The highest BCUT2D eigenvalue weighted by molar-refractivity contribution is 5.15. The number of hydrogen-bond donors (Lipinski definition) is 1. The lowest BCUT2D eigenvalue weighted by Gasteiger charge is -2.20. The van der Waals surface area contributed by atoms with Crippen molar-refractivity contribution in [2.75, 3.05) is 0 Å². The van der Waals surface area contributed by atoms with Gasteiger partial charge in [0.2, 0.25) is 0 Å². The quantitative estimate of drug-likeness (QED) is 0.430. The minimum absolute atomic E-state index is 0.180. The first-order chi connectivity index (χ1) is 7.29. The van der Waals surface area contributed by atoms with Gasteiger partial charge in [0.15, 0.2) is 0 Å². The summed E-state index contributed by atoms with van der Waals surface area (Å²) in [5.74, 6) is 0. The molecule has 0 amide bonds. The Balaban J connectivity index is 1.80. The van der Waals surface area contributed by atoms with Crippen molar-refractivity contribution in [3.05, 3.63) is 12.2 Å². The van der Waals surface area contributed by atoms with Gasteiger partial charge in [0.25, 0.3) is 0 Å². The number of fused-ring (bicyclic) bond motifs is 1. The van der Waals surface area contributed by atoms with E-state index in [0.29, 0.717) is 6.10 Å². The number of allylic oxidation sites excluding steroid dienone is 1. The summed E-state index contributed by atoms with van der Waals surface area (Å²) < 4.78 is 5.68. The third-order valence-electron chi connectivity index (χ3n) is 3.68. The van der Waals surface area contributed by atoms with Crippen LogP contribution >= 0.6 is 0 Å². The van der Waals surface area contributed by atoms with Crippen molar-refractivity contribution in [3.8, 4) is 0 Å². The zero-order valence-corrected chi connectivity index (χ0v) is 9.61. The second-order valence-corrected chi connectivity index (χ2v) is 4.82. The Kier molecular flexibility index (Phi) is 3.47. The number of ether oxygens (including phenoxy) is 1. The lowest BCUT2D eigenvalue weighted by atomic mass is 9.85. The fourth-order valence-electron chi connectivity index (χ4n) is 2.60. The number of aliphatic hydroxyl groups is 1. The molecule has 1 heterocycles. The van der Waals surface area contributed by atoms with Gasteiger partial charge in [-0.3, -0.25) is 0 Å². The highest BCUT2D eigenvalue weighted by Crippen LogP contribution is 2.50. The third-order valence-corrected chi connectivity index (χ3v) is 3.68. The first kappa shape index (κ1) is 11.2. The van der Waals surface area contributed by atoms with Gasteiger partial charge in [-0.05, 0) is 19.3 Å². The molecule has 0 aromatic rings. The molecule has 0 aromatic heterocycles. The van der Waals surface area contributed by atoms with Gasteiger partial charge in [-0.25, -0.2) is 0 Å². The number of unbranched alkanes of at least 4 members (excludes halogenated alkanes) is 2. The molecule has 0 bridgehead atoms. The second kappa shape index (κ2) is 4.67. The molecule has 1 saturated carbocycles. The van der Waals surface area contributed by atoms with Crippen molar-refractivity contribution in [2.45, 2.75) is 69.7 Å². The van der Waals surface area contributed by atoms with E-state index in [2.05, 4.69) is 13.0 Å². The zero-order valence-electron chi connectivity index (χ0n) is 9.61. The lowest BCUT2D eigenvalue weighted by molar-refractivity contribution is 0.104. The summed E-state index contributed by atoms with van der Waals surface area (Å²) in [5, 5.41) is 10.1. The molecule has 2 nitrogen and oxygen atoms in total. The Morgan fingerprint density at radius 2 is 2.40 bits per heavy atom. The maximum Gasteiger partial charge on any atom is 0.124 e. The van der Waals surface area contributed by atoms with E-state index < -0.39 is 0 Å². The van der Waals surface area contributed by atoms with Gasteiger partial charge >= 0.3 is 0 Å². The fourth-order valence-corrected chi connectivity index (χ4v) is 2.60. The Labute approximate surface area is 92.3 Å². The van der Waals surface area contributed by atoms with E-state index in [1.54, 1.807) is 0 Å². The summed E-state index contributed by atoms with van der Waals surface area (Å²) in [5.41, 5.74) is -0.180. The first-order valence-electron chi connectivity index (χ1n) is 6.32. The molecule has 1 aliphatic heterocycles. The van der Waals surface area contributed by atoms with Crippen LogP contribution in [0, 0.1) is 0 Å². The maximum atomic E-state index is 10.1. The van der Waals surface area contributed by atoms with Crippen LogP contribution in [0.25, 0.3) is 0 Å². The molecule has 0 spiro atoms. The van der Waals surface area contributed by atoms with Crippen LogP contribution in [0.3, 0.4) is 0 Å². The molecular weight excluding hydrogens is 188 g/mol. The van der Waals surface area contributed by atoms with Gasteiger partial charge in [0.1, 0.15) is 11.7 Å². The first-order valence-corrected chi connectivity index (χ1v) is 6.32. The van der Waals surface area contributed by atoms with Crippen LogP contribution in [0.1, 0.15) is 51.9 Å². The van der Waals surface area contributed by atoms with Crippen LogP contribution < -0.4 is 0 Å². The van der Waals surface area contributed by atoms with E-state index in [9.17, 15) is 5.11 Å². The predicted octanol–water partition coefficient (Wildman–Crippen LogP) is 2.81. The van der Waals surface area contributed by atoms with E-state index in [4.69, 9.17) is 4.74 Å². The summed E-state index contributed by atoms with van der Waals surface area (Å²) in [6.07, 6.45) is 12.2. The smallest absolute Gasteiger partial charge is 0.124 e. The van der Waals surface area contributed by atoms with Gasteiger partial charge in [-0.1, -0.05) is 44.8 Å². The molecule has 2 rings (SSSR count). The Morgan fingerprint density at radius 1 is 1.53 bits per heavy atom. The average molecular weight is 210 g/mol. The molecule has 2 aliphatic rings. The van der Waals surface area contributed by atoms with Crippen LogP contribution in [0.15, 0.2) is 12.2 Å². The largest absolute Gasteiger partial charge is 0.386 e. The number of epoxide rings is 1. The normalized spacial score (nSPS) is 36.5. The van der Waals surface area contributed by atoms with E-state index >= 15 is 0 Å². The summed E-state index contributed by atoms with van der Waals surface area (Å²) in [4.78, 5) is 0. The van der Waals surface area contributed by atoms with Gasteiger partial charge in [-0.15, -0.1) is 0 Å². The molecule has 3 atom stereocenters. The number of hydrogen-bond acceptors (Lipinski definition) is 2. The van der Waals surface area contributed by atoms with Crippen molar-refractivity contribution in [1.82, 2.24) is 0 Å². The Morgan fingerprint density at radius 3 is 3.13 bits per heavy atom. The van der Waals surface area contributed by atoms with Gasteiger partial charge in [-0.2, -0.15) is 0 Å². The topological polar surface area (TPSA) is 32.8 Å². The van der Waals surface area contributed by atoms with Crippen LogP contribution in [0.2, 0.25) is 0 Å². The SMILES string of the molecule is CCCC/C=C/C(O)C12CCCCC1O2. The fraction of sp³-hybridized carbons (Fsp3) is 0.846. The van der Waals surface area contributed by atoms with Crippen LogP contribution in [-0.2, 0) is 4.74 Å². The summed E-state index contributed by atoms with van der Waals surface area (Å²) in [6.45, 7) is 2.18. The Hall–Kier alpha value is -0.340. The molecule has 86 valence electrons. The lowest BCUT2D eigenvalue weighted by Crippen LogP contribution is -2.32. The maximum absolute atomic E-state index is 10.1. The molecular formula is C13H22O2. The van der Waals surface area contributed by atoms with Crippen LogP contribution in [0.5, 0.6) is 0 Å². The average Bonchev–Trinajstić information content (AvgIpc) is 2.99. The van der Waals surface area contributed by atoms with Crippen LogP contribution in [0.4, 0.5) is 0 Å². The molecule has 0 aromatic carbocycles. The van der Waals surface area contributed by atoms with Crippen molar-refractivity contribution in [2.24, 2.45) is 0 Å². The molecule has 15 heavy (non-hydrogen) atoms. The summed E-state index contributed by atoms with van der Waals surface area (Å²) in [6, 6.07) is 0. The minimum atomic E-state index is -0.375. The molecule has 2 heteroatoms. The molecule has 1 aliphatic carbocycles. The molecule has 0 radical (unpaired) electrons. The van der Waals surface area contributed by atoms with Crippen molar-refractivity contribution < 1.29 is 9.84 Å². The monoisotopic (exact) mass is 210 g/mol. The predicted molar refractivity (Wildman–Crippen MR) is 60.7 cm³/mol.